The van der Waals surface area contributed by atoms with Crippen LogP contribution >= 0.6 is 0 Å². The van der Waals surface area contributed by atoms with E-state index in [0.29, 0.717) is 0 Å². The molecule has 6 nitrogen and oxygen atoms in total. The number of rotatable bonds is 7. The molecule has 0 bridgehead atoms. The third-order valence-electron chi connectivity index (χ3n) is 2.75. The number of alkyl carbamates (subject to hydrolysis) is 1. The van der Waals surface area contributed by atoms with E-state index in [9.17, 15) is 22.8 Å². The van der Waals surface area contributed by atoms with Gasteiger partial charge in [-0.3, -0.25) is 0 Å². The Balaban J connectivity index is 4.46. The number of hydrogen-bond acceptors (Lipinski definition) is 5. The van der Waals surface area contributed by atoms with Crippen molar-refractivity contribution in [3.05, 3.63) is 0 Å². The molecule has 0 radical (unpaired) electrons. The Hall–Kier alpha value is -1.51. The molecule has 1 N–H and O–H groups in total. The van der Waals surface area contributed by atoms with E-state index in [0.717, 1.165) is 0 Å². The van der Waals surface area contributed by atoms with Crippen molar-refractivity contribution in [3.63, 3.8) is 0 Å². The highest BCUT2D eigenvalue weighted by Crippen LogP contribution is 2.19. The number of ether oxygens (including phenoxy) is 2. The summed E-state index contributed by atoms with van der Waals surface area (Å²) in [6, 6.07) is -0.983. The second-order valence-corrected chi connectivity index (χ2v) is 6.18. The van der Waals surface area contributed by atoms with E-state index in [1.807, 2.05) is 0 Å². The molecule has 1 unspecified atom stereocenters. The number of carbonyl (C=O) groups excluding carboxylic acids is 2. The topological polar surface area (TPSA) is 67.9 Å². The van der Waals surface area contributed by atoms with Gasteiger partial charge in [0.1, 0.15) is 11.6 Å². The molecular formula is C14H25F3N2O4. The summed E-state index contributed by atoms with van der Waals surface area (Å²) < 4.78 is 46.1. The number of methoxy groups -OCH3 is 1. The second-order valence-electron chi connectivity index (χ2n) is 6.18. The van der Waals surface area contributed by atoms with Gasteiger partial charge in [-0.15, -0.1) is 0 Å². The van der Waals surface area contributed by atoms with Crippen molar-refractivity contribution in [2.45, 2.75) is 51.4 Å². The predicted molar refractivity (Wildman–Crippen MR) is 78.0 cm³/mol. The van der Waals surface area contributed by atoms with Gasteiger partial charge in [-0.1, -0.05) is 0 Å². The highest BCUT2D eigenvalue weighted by atomic mass is 19.4. The van der Waals surface area contributed by atoms with E-state index in [1.165, 1.54) is 19.1 Å². The fourth-order valence-electron chi connectivity index (χ4n) is 1.62. The number of nitrogens with zero attached hydrogens (tertiary/aromatic N) is 1. The van der Waals surface area contributed by atoms with Gasteiger partial charge in [0.15, 0.2) is 0 Å². The fourth-order valence-corrected chi connectivity index (χ4v) is 1.62. The van der Waals surface area contributed by atoms with Crippen LogP contribution in [-0.4, -0.2) is 62.0 Å². The highest BCUT2D eigenvalue weighted by Gasteiger charge is 2.28. The van der Waals surface area contributed by atoms with Crippen molar-refractivity contribution in [1.29, 1.82) is 0 Å². The van der Waals surface area contributed by atoms with Crippen LogP contribution in [0.25, 0.3) is 0 Å². The average Bonchev–Trinajstić information content (AvgIpc) is 2.37. The largest absolute Gasteiger partial charge is 0.467 e. The standard InChI is InChI=1S/C14H25F3N2O4/c1-13(2,3)23-12(21)18-10(11(20)22-5)6-8-19(4)9-7-14(15,16)17/h10H,6-9H2,1-5H3,(H,18,21). The molecule has 0 aromatic heterocycles. The van der Waals surface area contributed by atoms with Crippen molar-refractivity contribution >= 4 is 12.1 Å². The van der Waals surface area contributed by atoms with Gasteiger partial charge >= 0.3 is 18.2 Å². The molecule has 136 valence electrons. The number of amides is 1. The minimum Gasteiger partial charge on any atom is -0.467 e. The van der Waals surface area contributed by atoms with E-state index >= 15 is 0 Å². The number of esters is 1. The van der Waals surface area contributed by atoms with Crippen LogP contribution < -0.4 is 5.32 Å². The van der Waals surface area contributed by atoms with Crippen molar-refractivity contribution in [2.24, 2.45) is 0 Å². The first kappa shape index (κ1) is 21.5. The van der Waals surface area contributed by atoms with Crippen LogP contribution in [0.1, 0.15) is 33.6 Å². The summed E-state index contributed by atoms with van der Waals surface area (Å²) in [5.74, 6) is -0.680. The molecule has 0 aliphatic carbocycles. The van der Waals surface area contributed by atoms with Crippen LogP contribution in [0.2, 0.25) is 0 Å². The summed E-state index contributed by atoms with van der Waals surface area (Å²) >= 11 is 0. The van der Waals surface area contributed by atoms with Crippen molar-refractivity contribution in [3.8, 4) is 0 Å². The molecule has 23 heavy (non-hydrogen) atoms. The smallest absolute Gasteiger partial charge is 0.408 e. The quantitative estimate of drug-likeness (QED) is 0.719. The molecule has 0 fully saturated rings. The maximum absolute atomic E-state index is 12.2. The lowest BCUT2D eigenvalue weighted by atomic mass is 10.2. The number of alkyl halides is 3. The SMILES string of the molecule is COC(=O)C(CCN(C)CCC(F)(F)F)NC(=O)OC(C)(C)C. The third-order valence-corrected chi connectivity index (χ3v) is 2.75. The van der Waals surface area contributed by atoms with Crippen LogP contribution in [-0.2, 0) is 14.3 Å². The molecule has 1 atom stereocenters. The van der Waals surface area contributed by atoms with Gasteiger partial charge in [-0.2, -0.15) is 13.2 Å². The molecule has 0 saturated heterocycles. The zero-order valence-corrected chi connectivity index (χ0v) is 14.1. The third kappa shape index (κ3) is 11.7. The normalized spacial score (nSPS) is 13.6. The summed E-state index contributed by atoms with van der Waals surface area (Å²) in [4.78, 5) is 24.8. The first-order valence-corrected chi connectivity index (χ1v) is 7.16. The Morgan fingerprint density at radius 3 is 2.17 bits per heavy atom. The zero-order chi connectivity index (χ0) is 18.3. The van der Waals surface area contributed by atoms with Crippen LogP contribution in [0, 0.1) is 0 Å². The molecule has 9 heteroatoms. The fraction of sp³-hybridized carbons (Fsp3) is 0.857. The Kier molecular flexibility index (Phi) is 8.36. The minimum absolute atomic E-state index is 0.111. The van der Waals surface area contributed by atoms with Gasteiger partial charge in [0.25, 0.3) is 0 Å². The lowest BCUT2D eigenvalue weighted by Crippen LogP contribution is -2.45. The van der Waals surface area contributed by atoms with E-state index in [1.54, 1.807) is 20.8 Å². The van der Waals surface area contributed by atoms with Crippen LogP contribution in [0.5, 0.6) is 0 Å². The maximum atomic E-state index is 12.2. The lowest BCUT2D eigenvalue weighted by molar-refractivity contribution is -0.144. The molecule has 0 rings (SSSR count). The molecule has 0 spiro atoms. The van der Waals surface area contributed by atoms with Gasteiger partial charge in [0.2, 0.25) is 0 Å². The van der Waals surface area contributed by atoms with Crippen LogP contribution in [0.15, 0.2) is 0 Å². The molecule has 0 aromatic carbocycles. The summed E-state index contributed by atoms with van der Waals surface area (Å²) in [5, 5.41) is 2.37. The number of hydrogen-bond donors (Lipinski definition) is 1. The molecule has 0 heterocycles. The van der Waals surface area contributed by atoms with Crippen molar-refractivity contribution in [1.82, 2.24) is 10.2 Å². The van der Waals surface area contributed by atoms with E-state index < -0.39 is 36.3 Å². The molecule has 0 aromatic rings. The van der Waals surface area contributed by atoms with Gasteiger partial charge < -0.3 is 19.7 Å². The van der Waals surface area contributed by atoms with Crippen LogP contribution in [0.4, 0.5) is 18.0 Å². The Labute approximate surface area is 134 Å². The minimum atomic E-state index is -4.23. The summed E-state index contributed by atoms with van der Waals surface area (Å²) in [5.41, 5.74) is -0.728. The molecule has 1 amide bonds. The van der Waals surface area contributed by atoms with Gasteiger partial charge in [-0.05, 0) is 34.2 Å². The van der Waals surface area contributed by atoms with E-state index in [4.69, 9.17) is 4.74 Å². The highest BCUT2D eigenvalue weighted by molar-refractivity contribution is 5.81. The maximum Gasteiger partial charge on any atom is 0.408 e. The second kappa shape index (κ2) is 8.95. The molecule has 0 saturated carbocycles. The summed E-state index contributed by atoms with van der Waals surface area (Å²) in [7, 11) is 2.67. The van der Waals surface area contributed by atoms with Gasteiger partial charge in [0, 0.05) is 13.1 Å². The first-order valence-electron chi connectivity index (χ1n) is 7.16. The first-order chi connectivity index (χ1) is 10.3. The Morgan fingerprint density at radius 2 is 1.74 bits per heavy atom. The van der Waals surface area contributed by atoms with Gasteiger partial charge in [0.05, 0.1) is 13.5 Å². The number of carbonyl (C=O) groups is 2. The summed E-state index contributed by atoms with van der Waals surface area (Å²) in [6.07, 6.45) is -5.84. The van der Waals surface area contributed by atoms with Gasteiger partial charge in [-0.25, -0.2) is 9.59 Å². The monoisotopic (exact) mass is 342 g/mol. The zero-order valence-electron chi connectivity index (χ0n) is 14.1. The van der Waals surface area contributed by atoms with Crippen molar-refractivity contribution < 1.29 is 32.2 Å². The number of halogens is 3. The summed E-state index contributed by atoms with van der Waals surface area (Å²) in [6.45, 7) is 5.01. The molecule has 0 aliphatic rings. The van der Waals surface area contributed by atoms with E-state index in [2.05, 4.69) is 10.1 Å². The number of nitrogens with one attached hydrogen (secondary N) is 1. The lowest BCUT2D eigenvalue weighted by Gasteiger charge is -2.24. The molecule has 0 aliphatic heterocycles. The van der Waals surface area contributed by atoms with E-state index in [-0.39, 0.29) is 19.5 Å². The van der Waals surface area contributed by atoms with Crippen molar-refractivity contribution in [2.75, 3.05) is 27.2 Å². The van der Waals surface area contributed by atoms with Crippen LogP contribution in [0.3, 0.4) is 0 Å². The predicted octanol–water partition coefficient (Wildman–Crippen LogP) is 2.33. The Morgan fingerprint density at radius 1 is 1.17 bits per heavy atom. The Bertz CT molecular complexity index is 394. The average molecular weight is 342 g/mol. The molecular weight excluding hydrogens is 317 g/mol.